The lowest BCUT2D eigenvalue weighted by atomic mass is 10.0. The molecule has 0 unspecified atom stereocenters. The minimum atomic E-state index is -0.401. The van der Waals surface area contributed by atoms with Gasteiger partial charge >= 0.3 is 0 Å². The van der Waals surface area contributed by atoms with Crippen LogP contribution in [0.1, 0.15) is 47.9 Å². The van der Waals surface area contributed by atoms with Crippen LogP contribution in [0.4, 0.5) is 4.39 Å². The molecule has 0 heterocycles. The molecule has 0 atom stereocenters. The van der Waals surface area contributed by atoms with E-state index in [1.54, 1.807) is 0 Å². The van der Waals surface area contributed by atoms with Crippen LogP contribution in [0.2, 0.25) is 0 Å². The molecule has 29 heavy (non-hydrogen) atoms. The van der Waals surface area contributed by atoms with Crippen LogP contribution in [0.5, 0.6) is 5.75 Å². The van der Waals surface area contributed by atoms with E-state index in [-0.39, 0.29) is 6.61 Å². The highest BCUT2D eigenvalue weighted by Gasteiger charge is 2.01. The van der Waals surface area contributed by atoms with Crippen molar-refractivity contribution in [1.82, 2.24) is 0 Å². The maximum absolute atomic E-state index is 11.9. The van der Waals surface area contributed by atoms with E-state index in [9.17, 15) is 4.39 Å². The van der Waals surface area contributed by atoms with Crippen LogP contribution in [0.3, 0.4) is 0 Å². The summed E-state index contributed by atoms with van der Waals surface area (Å²) in [5.74, 6) is 0.891. The van der Waals surface area contributed by atoms with Crippen LogP contribution in [0.25, 0.3) is 11.6 Å². The zero-order chi connectivity index (χ0) is 20.9. The highest BCUT2D eigenvalue weighted by molar-refractivity contribution is 5.78. The fraction of sp³-hybridized carbons (Fsp3) is 0.385. The molecule has 3 heteroatoms. The van der Waals surface area contributed by atoms with E-state index in [1.165, 1.54) is 11.1 Å². The second kappa shape index (κ2) is 12.9. The Kier molecular flexibility index (Phi) is 10.2. The fourth-order valence-corrected chi connectivity index (χ4v) is 2.95. The van der Waals surface area contributed by atoms with Crippen molar-refractivity contribution in [3.63, 3.8) is 0 Å². The molecule has 0 amide bonds. The first-order valence-electron chi connectivity index (χ1n) is 10.4. The number of aryl methyl sites for hydroxylation is 2. The lowest BCUT2D eigenvalue weighted by molar-refractivity contribution is 0.115. The molecular formula is C26H33FO2. The van der Waals surface area contributed by atoms with E-state index in [2.05, 4.69) is 69.0 Å². The number of ether oxygens (including phenoxy) is 2. The Morgan fingerprint density at radius 3 is 2.38 bits per heavy atom. The SMILES string of the molecule is C=C(/C=C\c1cc(OCCCCCCOCCF)ccc1C)c1ccc(C)cc1. The molecule has 2 aromatic rings. The van der Waals surface area contributed by atoms with Crippen molar-refractivity contribution in [3.8, 4) is 5.75 Å². The van der Waals surface area contributed by atoms with Crippen LogP contribution < -0.4 is 4.74 Å². The Bertz CT molecular complexity index is 778. The standard InChI is InChI=1S/C26H33FO2/c1-21-8-12-24(13-9-21)22(2)10-14-25-20-26(15-11-23(25)3)29-18-7-5-4-6-17-28-19-16-27/h8-15,20H,2,4-7,16-19H2,1,3H3/b14-10-. The molecule has 0 bridgehead atoms. The predicted molar refractivity (Wildman–Crippen MR) is 121 cm³/mol. The van der Waals surface area contributed by atoms with Gasteiger partial charge in [-0.3, -0.25) is 0 Å². The summed E-state index contributed by atoms with van der Waals surface area (Å²) in [5, 5.41) is 0. The molecule has 0 N–H and O–H groups in total. The summed E-state index contributed by atoms with van der Waals surface area (Å²) in [6, 6.07) is 14.6. The van der Waals surface area contributed by atoms with E-state index in [1.807, 2.05) is 6.07 Å². The number of allylic oxidation sites excluding steroid dienone is 2. The third kappa shape index (κ3) is 8.66. The Morgan fingerprint density at radius 1 is 0.931 bits per heavy atom. The van der Waals surface area contributed by atoms with Crippen LogP contribution in [0, 0.1) is 13.8 Å². The zero-order valence-corrected chi connectivity index (χ0v) is 17.8. The molecule has 0 aliphatic heterocycles. The van der Waals surface area contributed by atoms with Gasteiger partial charge in [0.25, 0.3) is 0 Å². The summed E-state index contributed by atoms with van der Waals surface area (Å²) in [7, 11) is 0. The second-order valence-corrected chi connectivity index (χ2v) is 7.31. The van der Waals surface area contributed by atoms with Gasteiger partial charge < -0.3 is 9.47 Å². The summed E-state index contributed by atoms with van der Waals surface area (Å²) >= 11 is 0. The monoisotopic (exact) mass is 396 g/mol. The molecule has 0 aromatic heterocycles. The van der Waals surface area contributed by atoms with Gasteiger partial charge in [-0.05, 0) is 67.5 Å². The molecule has 0 aliphatic carbocycles. The number of hydrogen-bond donors (Lipinski definition) is 0. The van der Waals surface area contributed by atoms with Gasteiger partial charge in [-0.15, -0.1) is 0 Å². The summed E-state index contributed by atoms with van der Waals surface area (Å²) in [6.07, 6.45) is 8.31. The Labute approximate surface area is 175 Å². The molecule has 2 nitrogen and oxygen atoms in total. The van der Waals surface area contributed by atoms with Crippen LogP contribution in [0.15, 0.2) is 55.1 Å². The van der Waals surface area contributed by atoms with Gasteiger partial charge in [0.2, 0.25) is 0 Å². The number of alkyl halides is 1. The predicted octanol–water partition coefficient (Wildman–Crippen LogP) is 6.96. The highest BCUT2D eigenvalue weighted by Crippen LogP contribution is 2.22. The maximum Gasteiger partial charge on any atom is 0.119 e. The molecule has 2 rings (SSSR count). The molecule has 0 saturated heterocycles. The van der Waals surface area contributed by atoms with Crippen molar-refractivity contribution in [2.75, 3.05) is 26.5 Å². The number of unbranched alkanes of at least 4 members (excludes halogenated alkanes) is 3. The molecule has 0 spiro atoms. The number of benzene rings is 2. The first-order valence-corrected chi connectivity index (χ1v) is 10.4. The highest BCUT2D eigenvalue weighted by atomic mass is 19.1. The normalized spacial score (nSPS) is 11.1. The van der Waals surface area contributed by atoms with E-state index < -0.39 is 6.67 Å². The first-order chi connectivity index (χ1) is 14.1. The van der Waals surface area contributed by atoms with Gasteiger partial charge in [0, 0.05) is 6.61 Å². The number of hydrogen-bond acceptors (Lipinski definition) is 2. The van der Waals surface area contributed by atoms with Crippen molar-refractivity contribution in [2.24, 2.45) is 0 Å². The van der Waals surface area contributed by atoms with Gasteiger partial charge in [-0.25, -0.2) is 4.39 Å². The quantitative estimate of drug-likeness (QED) is 0.269. The van der Waals surface area contributed by atoms with Crippen LogP contribution in [-0.4, -0.2) is 26.5 Å². The topological polar surface area (TPSA) is 18.5 Å². The van der Waals surface area contributed by atoms with Gasteiger partial charge in [0.1, 0.15) is 12.4 Å². The number of halogens is 1. The smallest absolute Gasteiger partial charge is 0.119 e. The average molecular weight is 397 g/mol. The molecule has 2 aromatic carbocycles. The largest absolute Gasteiger partial charge is 0.494 e. The van der Waals surface area contributed by atoms with Crippen LogP contribution in [-0.2, 0) is 4.74 Å². The van der Waals surface area contributed by atoms with Crippen molar-refractivity contribution in [3.05, 3.63) is 77.4 Å². The minimum absolute atomic E-state index is 0.214. The van der Waals surface area contributed by atoms with Gasteiger partial charge in [0.15, 0.2) is 0 Å². The lowest BCUT2D eigenvalue weighted by Crippen LogP contribution is -2.00. The molecule has 0 aliphatic rings. The fourth-order valence-electron chi connectivity index (χ4n) is 2.95. The van der Waals surface area contributed by atoms with Crippen molar-refractivity contribution >= 4 is 11.6 Å². The zero-order valence-electron chi connectivity index (χ0n) is 17.8. The number of rotatable bonds is 13. The molecule has 0 saturated carbocycles. The Balaban J connectivity index is 1.78. The molecular weight excluding hydrogens is 363 g/mol. The Hall–Kier alpha value is -2.39. The van der Waals surface area contributed by atoms with Crippen molar-refractivity contribution < 1.29 is 13.9 Å². The summed E-state index contributed by atoms with van der Waals surface area (Å²) in [6.45, 7) is 9.52. The minimum Gasteiger partial charge on any atom is -0.494 e. The van der Waals surface area contributed by atoms with Gasteiger partial charge in [-0.1, -0.05) is 61.0 Å². The molecule has 0 fully saturated rings. The van der Waals surface area contributed by atoms with Crippen molar-refractivity contribution in [1.29, 1.82) is 0 Å². The van der Waals surface area contributed by atoms with E-state index in [4.69, 9.17) is 9.47 Å². The van der Waals surface area contributed by atoms with Crippen LogP contribution >= 0.6 is 0 Å². The van der Waals surface area contributed by atoms with E-state index in [0.29, 0.717) is 13.2 Å². The summed E-state index contributed by atoms with van der Waals surface area (Å²) in [4.78, 5) is 0. The molecule has 0 radical (unpaired) electrons. The maximum atomic E-state index is 11.9. The third-order valence-electron chi connectivity index (χ3n) is 4.81. The summed E-state index contributed by atoms with van der Waals surface area (Å²) in [5.41, 5.74) is 5.72. The van der Waals surface area contributed by atoms with E-state index in [0.717, 1.165) is 48.1 Å². The van der Waals surface area contributed by atoms with E-state index >= 15 is 0 Å². The van der Waals surface area contributed by atoms with Gasteiger partial charge in [0.05, 0.1) is 13.2 Å². The summed E-state index contributed by atoms with van der Waals surface area (Å²) < 4.78 is 23.0. The first kappa shape index (κ1) is 22.9. The molecule has 156 valence electrons. The lowest BCUT2D eigenvalue weighted by Gasteiger charge is -2.09. The van der Waals surface area contributed by atoms with Crippen molar-refractivity contribution in [2.45, 2.75) is 39.5 Å². The van der Waals surface area contributed by atoms with Gasteiger partial charge in [-0.2, -0.15) is 0 Å². The Morgan fingerprint density at radius 2 is 1.66 bits per heavy atom. The average Bonchev–Trinajstić information content (AvgIpc) is 2.73. The second-order valence-electron chi connectivity index (χ2n) is 7.31. The third-order valence-corrected chi connectivity index (χ3v) is 4.81.